The third kappa shape index (κ3) is 11.6. The molecule has 2 aromatic carbocycles. The topological polar surface area (TPSA) is 126 Å². The number of fused-ring (bicyclic) bond motifs is 1. The van der Waals surface area contributed by atoms with Gasteiger partial charge in [0, 0.05) is 12.1 Å². The zero-order valence-corrected chi connectivity index (χ0v) is 28.4. The lowest BCUT2D eigenvalue weighted by molar-refractivity contribution is -0.162. The maximum Gasteiger partial charge on any atom is 0.420 e. The van der Waals surface area contributed by atoms with Crippen LogP contribution in [0.5, 0.6) is 0 Å². The number of ether oxygens (including phenoxy) is 4. The summed E-state index contributed by atoms with van der Waals surface area (Å²) in [5, 5.41) is 0. The summed E-state index contributed by atoms with van der Waals surface area (Å²) >= 11 is 0. The van der Waals surface area contributed by atoms with Gasteiger partial charge in [-0.05, 0) is 92.5 Å². The number of carbonyl (C=O) groups is 4. The number of imidazole rings is 1. The number of nitrogens with zero attached hydrogens (tertiary/aromatic N) is 3. The summed E-state index contributed by atoms with van der Waals surface area (Å²) in [6.45, 7) is 15.8. The van der Waals surface area contributed by atoms with E-state index in [-0.39, 0.29) is 43.6 Å². The summed E-state index contributed by atoms with van der Waals surface area (Å²) in [7, 11) is 0. The van der Waals surface area contributed by atoms with Gasteiger partial charge in [0.1, 0.15) is 23.1 Å². The Morgan fingerprint density at radius 1 is 0.826 bits per heavy atom. The van der Waals surface area contributed by atoms with Crippen LogP contribution >= 0.6 is 0 Å². The summed E-state index contributed by atoms with van der Waals surface area (Å²) in [5.41, 5.74) is -0.0176. The quantitative estimate of drug-likeness (QED) is 0.101. The van der Waals surface area contributed by atoms with Crippen molar-refractivity contribution in [1.29, 1.82) is 0 Å². The number of hydrogen-bond donors (Lipinski definition) is 0. The number of aromatic nitrogens is 2. The van der Waals surface area contributed by atoms with Gasteiger partial charge in [0.2, 0.25) is 0 Å². The molecule has 1 aromatic heterocycles. The Kier molecular flexibility index (Phi) is 11.7. The maximum absolute atomic E-state index is 13.5. The van der Waals surface area contributed by atoms with Gasteiger partial charge in [0.05, 0.1) is 36.7 Å². The summed E-state index contributed by atoms with van der Waals surface area (Å²) in [4.78, 5) is 57.9. The van der Waals surface area contributed by atoms with Gasteiger partial charge in [-0.1, -0.05) is 30.3 Å². The molecule has 1 unspecified atom stereocenters. The molecule has 1 heterocycles. The molecule has 3 rings (SSSR count). The number of rotatable bonds is 11. The average Bonchev–Trinajstić information content (AvgIpc) is 3.35. The Labute approximate surface area is 271 Å². The fourth-order valence-electron chi connectivity index (χ4n) is 4.36. The number of ketones is 1. The van der Waals surface area contributed by atoms with Gasteiger partial charge < -0.3 is 18.9 Å². The van der Waals surface area contributed by atoms with E-state index in [1.54, 1.807) is 59.7 Å². The molecule has 11 nitrogen and oxygen atoms in total. The van der Waals surface area contributed by atoms with Crippen LogP contribution in [-0.2, 0) is 30.2 Å². The first kappa shape index (κ1) is 36.2. The number of hydrogen-bond acceptors (Lipinski definition) is 9. The first-order valence-electron chi connectivity index (χ1n) is 15.4. The fraction of sp³-hybridized carbons (Fsp3) is 0.514. The van der Waals surface area contributed by atoms with Crippen LogP contribution in [0.1, 0.15) is 78.2 Å². The maximum atomic E-state index is 13.5. The van der Waals surface area contributed by atoms with Crippen molar-refractivity contribution in [2.24, 2.45) is 5.92 Å². The highest BCUT2D eigenvalue weighted by atomic mass is 16.6. The van der Waals surface area contributed by atoms with E-state index in [0.717, 1.165) is 5.56 Å². The second kappa shape index (κ2) is 14.9. The Balaban J connectivity index is 1.74. The molecule has 0 aliphatic rings. The normalized spacial score (nSPS) is 12.8. The summed E-state index contributed by atoms with van der Waals surface area (Å²) in [6, 6.07) is 14.4. The molecular weight excluding hydrogens is 590 g/mol. The molecule has 0 spiro atoms. The van der Waals surface area contributed by atoms with Crippen molar-refractivity contribution in [3.63, 3.8) is 0 Å². The number of benzene rings is 2. The molecular formula is C35H47N3O8. The summed E-state index contributed by atoms with van der Waals surface area (Å²) in [5.74, 6) is -1.32. The zero-order valence-electron chi connectivity index (χ0n) is 28.4. The Bertz CT molecular complexity index is 1510. The molecule has 0 aliphatic carbocycles. The highest BCUT2D eigenvalue weighted by molar-refractivity contribution is 6.02. The van der Waals surface area contributed by atoms with Crippen molar-refractivity contribution in [1.82, 2.24) is 14.5 Å². The van der Waals surface area contributed by atoms with E-state index in [1.807, 2.05) is 51.1 Å². The minimum Gasteiger partial charge on any atom is -0.460 e. The van der Waals surface area contributed by atoms with Crippen molar-refractivity contribution in [2.75, 3.05) is 26.3 Å². The molecule has 0 bridgehead atoms. The molecule has 1 amide bonds. The van der Waals surface area contributed by atoms with Crippen LogP contribution in [0, 0.1) is 5.92 Å². The zero-order chi connectivity index (χ0) is 34.3. The largest absolute Gasteiger partial charge is 0.460 e. The summed E-state index contributed by atoms with van der Waals surface area (Å²) in [6.07, 6.45) is 0.466. The molecule has 11 heteroatoms. The highest BCUT2D eigenvalue weighted by Gasteiger charge is 2.28. The van der Waals surface area contributed by atoms with Crippen molar-refractivity contribution >= 4 is 35.0 Å². The molecule has 0 aliphatic heterocycles. The van der Waals surface area contributed by atoms with Crippen molar-refractivity contribution in [3.8, 4) is 0 Å². The second-order valence-corrected chi connectivity index (χ2v) is 14.1. The third-order valence-electron chi connectivity index (χ3n) is 6.34. The Morgan fingerprint density at radius 2 is 1.46 bits per heavy atom. The number of carbonyl (C=O) groups excluding carboxylic acids is 4. The number of esters is 1. The molecule has 0 saturated heterocycles. The number of Topliss-reactive ketones (excluding diaryl/α,β-unsaturated/α-hetero) is 1. The lowest BCUT2D eigenvalue weighted by atomic mass is 10.00. The van der Waals surface area contributed by atoms with E-state index in [0.29, 0.717) is 17.5 Å². The summed E-state index contributed by atoms with van der Waals surface area (Å²) < 4.78 is 23.8. The van der Waals surface area contributed by atoms with Gasteiger partial charge >= 0.3 is 18.2 Å². The Morgan fingerprint density at radius 3 is 2.07 bits per heavy atom. The fourth-order valence-corrected chi connectivity index (χ4v) is 4.36. The lowest BCUT2D eigenvalue weighted by Gasteiger charge is -2.27. The van der Waals surface area contributed by atoms with E-state index < -0.39 is 34.9 Å². The molecule has 1 atom stereocenters. The predicted molar refractivity (Wildman–Crippen MR) is 174 cm³/mol. The molecule has 46 heavy (non-hydrogen) atoms. The molecule has 0 radical (unpaired) electrons. The lowest BCUT2D eigenvalue weighted by Crippen LogP contribution is -2.42. The van der Waals surface area contributed by atoms with Crippen LogP contribution in [0.15, 0.2) is 54.9 Å². The van der Waals surface area contributed by atoms with Gasteiger partial charge in [-0.2, -0.15) is 0 Å². The van der Waals surface area contributed by atoms with Gasteiger partial charge in [-0.3, -0.25) is 14.5 Å². The molecule has 0 fully saturated rings. The SMILES string of the molecule is CC(C)(C)OC(=O)C(COCCN(CC(=O)c1ccc2ncn(C(=O)OC(C)(C)C)c2c1)C(=O)OC(C)(C)C)Cc1ccccc1. The third-order valence-corrected chi connectivity index (χ3v) is 6.34. The van der Waals surface area contributed by atoms with Gasteiger partial charge in [-0.15, -0.1) is 0 Å². The van der Waals surface area contributed by atoms with Crippen molar-refractivity contribution in [2.45, 2.75) is 85.5 Å². The van der Waals surface area contributed by atoms with Gasteiger partial charge in [-0.25, -0.2) is 19.1 Å². The minimum absolute atomic E-state index is 0.0329. The average molecular weight is 638 g/mol. The predicted octanol–water partition coefficient (Wildman–Crippen LogP) is 6.46. The standard InChI is InChI=1S/C35H47N3O8/c1-33(2,3)44-30(40)26(19-24-13-11-10-12-14-24)22-43-18-17-37(31(41)45-34(4,5)6)21-29(39)25-15-16-27-28(20-25)38(23-36-27)32(42)46-35(7,8)9/h10-16,20,23,26H,17-19,21-22H2,1-9H3. The van der Waals surface area contributed by atoms with Crippen LogP contribution in [0.25, 0.3) is 11.0 Å². The van der Waals surface area contributed by atoms with Gasteiger partial charge in [0.25, 0.3) is 0 Å². The van der Waals surface area contributed by atoms with Crippen molar-refractivity contribution in [3.05, 3.63) is 66.0 Å². The van der Waals surface area contributed by atoms with Crippen LogP contribution in [0.2, 0.25) is 0 Å². The van der Waals surface area contributed by atoms with E-state index in [1.165, 1.54) is 15.8 Å². The van der Waals surface area contributed by atoms with E-state index in [9.17, 15) is 19.2 Å². The first-order valence-corrected chi connectivity index (χ1v) is 15.4. The van der Waals surface area contributed by atoms with Crippen molar-refractivity contribution < 1.29 is 38.1 Å². The second-order valence-electron chi connectivity index (χ2n) is 14.1. The Hall–Kier alpha value is -4.25. The van der Waals surface area contributed by atoms with E-state index >= 15 is 0 Å². The smallest absolute Gasteiger partial charge is 0.420 e. The first-order chi connectivity index (χ1) is 21.3. The molecule has 0 N–H and O–H groups in total. The van der Waals surface area contributed by atoms with Crippen LogP contribution in [-0.4, -0.2) is 81.5 Å². The van der Waals surface area contributed by atoms with Crippen LogP contribution in [0.4, 0.5) is 9.59 Å². The number of amides is 1. The molecule has 0 saturated carbocycles. The van der Waals surface area contributed by atoms with Crippen LogP contribution < -0.4 is 0 Å². The monoisotopic (exact) mass is 637 g/mol. The minimum atomic E-state index is -0.796. The highest BCUT2D eigenvalue weighted by Crippen LogP contribution is 2.20. The van der Waals surface area contributed by atoms with E-state index in [2.05, 4.69) is 4.98 Å². The van der Waals surface area contributed by atoms with Crippen LogP contribution in [0.3, 0.4) is 0 Å². The molecule has 3 aromatic rings. The molecule has 250 valence electrons. The van der Waals surface area contributed by atoms with Gasteiger partial charge in [0.15, 0.2) is 5.78 Å². The van der Waals surface area contributed by atoms with E-state index in [4.69, 9.17) is 18.9 Å².